The van der Waals surface area contributed by atoms with Gasteiger partial charge in [0.05, 0.1) is 12.2 Å². The number of hydrogen-bond donors (Lipinski definition) is 2. The fraction of sp³-hybridized carbons (Fsp3) is 0.393. The van der Waals surface area contributed by atoms with Crippen LogP contribution in [0.4, 0.5) is 4.79 Å². The number of carbonyl (C=O) groups is 5. The van der Waals surface area contributed by atoms with Gasteiger partial charge in [-0.3, -0.25) is 14.4 Å². The SMILES string of the molecule is CC(C)(C)OC[C@H](NC(=O)OCC1c2ccccc2-c2ccccc21)C(=O)NCC(=O)ON1C(=O)CCC1=O. The van der Waals surface area contributed by atoms with Gasteiger partial charge in [0.1, 0.15) is 19.2 Å². The molecule has 11 nitrogen and oxygen atoms in total. The molecule has 0 saturated carbocycles. The van der Waals surface area contributed by atoms with Gasteiger partial charge in [0, 0.05) is 18.8 Å². The largest absolute Gasteiger partial charge is 0.449 e. The molecule has 1 aliphatic heterocycles. The highest BCUT2D eigenvalue weighted by atomic mass is 16.7. The summed E-state index contributed by atoms with van der Waals surface area (Å²) in [7, 11) is 0. The van der Waals surface area contributed by atoms with E-state index in [0.29, 0.717) is 5.06 Å². The molecule has 0 aromatic heterocycles. The fourth-order valence-corrected chi connectivity index (χ4v) is 4.37. The highest BCUT2D eigenvalue weighted by Crippen LogP contribution is 2.44. The normalized spacial score (nSPS) is 15.4. The molecule has 0 radical (unpaired) electrons. The van der Waals surface area contributed by atoms with Gasteiger partial charge in [-0.15, -0.1) is 5.06 Å². The van der Waals surface area contributed by atoms with E-state index in [1.807, 2.05) is 48.5 Å². The van der Waals surface area contributed by atoms with Crippen LogP contribution < -0.4 is 10.6 Å². The summed E-state index contributed by atoms with van der Waals surface area (Å²) in [6.45, 7) is 4.59. The number of rotatable bonds is 9. The Bertz CT molecular complexity index is 1220. The van der Waals surface area contributed by atoms with Crippen molar-refractivity contribution >= 4 is 29.8 Å². The first kappa shape index (κ1) is 27.8. The summed E-state index contributed by atoms with van der Waals surface area (Å²) in [5.74, 6) is -3.17. The van der Waals surface area contributed by atoms with E-state index in [9.17, 15) is 24.0 Å². The summed E-state index contributed by atoms with van der Waals surface area (Å²) < 4.78 is 11.2. The molecule has 39 heavy (non-hydrogen) atoms. The lowest BCUT2D eigenvalue weighted by molar-refractivity contribution is -0.196. The lowest BCUT2D eigenvalue weighted by Gasteiger charge is -2.25. The molecule has 2 N–H and O–H groups in total. The summed E-state index contributed by atoms with van der Waals surface area (Å²) in [6, 6.07) is 14.6. The van der Waals surface area contributed by atoms with Gasteiger partial charge in [-0.25, -0.2) is 9.59 Å². The second kappa shape index (κ2) is 11.6. The van der Waals surface area contributed by atoms with Crippen LogP contribution in [0.2, 0.25) is 0 Å². The highest BCUT2D eigenvalue weighted by molar-refractivity contribution is 6.01. The third kappa shape index (κ3) is 6.80. The lowest BCUT2D eigenvalue weighted by Crippen LogP contribution is -2.51. The van der Waals surface area contributed by atoms with Crippen molar-refractivity contribution in [3.63, 3.8) is 0 Å². The maximum atomic E-state index is 12.8. The highest BCUT2D eigenvalue weighted by Gasteiger charge is 2.34. The zero-order valence-corrected chi connectivity index (χ0v) is 22.0. The van der Waals surface area contributed by atoms with Crippen molar-refractivity contribution in [2.75, 3.05) is 19.8 Å². The van der Waals surface area contributed by atoms with E-state index in [-0.39, 0.29) is 32.0 Å². The molecule has 206 valence electrons. The predicted molar refractivity (Wildman–Crippen MR) is 138 cm³/mol. The topological polar surface area (TPSA) is 140 Å². The molecular formula is C28H31N3O8. The van der Waals surface area contributed by atoms with Crippen LogP contribution in [0.3, 0.4) is 0 Å². The first-order valence-electron chi connectivity index (χ1n) is 12.6. The van der Waals surface area contributed by atoms with E-state index in [4.69, 9.17) is 14.3 Å². The summed E-state index contributed by atoms with van der Waals surface area (Å²) in [5, 5.41) is 5.23. The molecule has 0 spiro atoms. The third-order valence-electron chi connectivity index (χ3n) is 6.24. The quantitative estimate of drug-likeness (QED) is 0.465. The van der Waals surface area contributed by atoms with Crippen molar-refractivity contribution in [3.05, 3.63) is 59.7 Å². The average Bonchev–Trinajstić information content (AvgIpc) is 3.39. The maximum absolute atomic E-state index is 12.8. The average molecular weight is 538 g/mol. The number of fused-ring (bicyclic) bond motifs is 3. The van der Waals surface area contributed by atoms with E-state index in [2.05, 4.69) is 10.6 Å². The number of alkyl carbamates (subject to hydrolysis) is 1. The minimum absolute atomic E-state index is 0.0469. The molecule has 1 saturated heterocycles. The minimum Gasteiger partial charge on any atom is -0.449 e. The van der Waals surface area contributed by atoms with E-state index in [1.54, 1.807) is 20.8 Å². The zero-order valence-electron chi connectivity index (χ0n) is 22.0. The Labute approximate surface area is 225 Å². The van der Waals surface area contributed by atoms with Crippen LogP contribution in [0.15, 0.2) is 48.5 Å². The van der Waals surface area contributed by atoms with E-state index in [1.165, 1.54) is 0 Å². The van der Waals surface area contributed by atoms with Crippen molar-refractivity contribution in [3.8, 4) is 11.1 Å². The molecule has 0 unspecified atom stereocenters. The summed E-state index contributed by atoms with van der Waals surface area (Å²) in [5.41, 5.74) is 3.65. The molecule has 2 aromatic rings. The number of imide groups is 1. The molecule has 2 aliphatic rings. The van der Waals surface area contributed by atoms with Crippen LogP contribution in [0.25, 0.3) is 11.1 Å². The van der Waals surface area contributed by atoms with Crippen LogP contribution in [0, 0.1) is 0 Å². The Balaban J connectivity index is 1.35. The Kier molecular flexibility index (Phi) is 8.29. The van der Waals surface area contributed by atoms with Gasteiger partial charge in [0.15, 0.2) is 0 Å². The van der Waals surface area contributed by atoms with Gasteiger partial charge >= 0.3 is 12.1 Å². The van der Waals surface area contributed by atoms with Crippen LogP contribution in [-0.4, -0.2) is 66.2 Å². The molecule has 0 bridgehead atoms. The molecular weight excluding hydrogens is 506 g/mol. The summed E-state index contributed by atoms with van der Waals surface area (Å²) in [6.07, 6.45) is -0.922. The predicted octanol–water partition coefficient (Wildman–Crippen LogP) is 2.43. The number of carbonyl (C=O) groups excluding carboxylic acids is 5. The summed E-state index contributed by atoms with van der Waals surface area (Å²) in [4.78, 5) is 65.7. The van der Waals surface area contributed by atoms with Crippen molar-refractivity contribution in [1.82, 2.24) is 15.7 Å². The molecule has 1 aliphatic carbocycles. The lowest BCUT2D eigenvalue weighted by atomic mass is 9.98. The fourth-order valence-electron chi connectivity index (χ4n) is 4.37. The third-order valence-corrected chi connectivity index (χ3v) is 6.24. The van der Waals surface area contributed by atoms with Crippen LogP contribution >= 0.6 is 0 Å². The molecule has 4 rings (SSSR count). The van der Waals surface area contributed by atoms with Crippen molar-refractivity contribution in [2.24, 2.45) is 0 Å². The van der Waals surface area contributed by atoms with Crippen LogP contribution in [-0.2, 0) is 33.5 Å². The van der Waals surface area contributed by atoms with Gasteiger partial charge in [0.25, 0.3) is 11.8 Å². The Hall–Kier alpha value is -4.25. The van der Waals surface area contributed by atoms with E-state index in [0.717, 1.165) is 22.3 Å². The van der Waals surface area contributed by atoms with Gasteiger partial charge in [-0.1, -0.05) is 48.5 Å². The number of ether oxygens (including phenoxy) is 2. The standard InChI is InChI=1S/C28H31N3O8/c1-28(2,3)38-16-22(26(35)29-14-25(34)39-31-23(32)12-13-24(31)33)30-27(36)37-15-21-19-10-6-4-8-17(19)18-9-5-7-11-20(18)21/h4-11,21-22H,12-16H2,1-3H3,(H,29,35)(H,30,36)/t22-/m0/s1. The van der Waals surface area contributed by atoms with Crippen molar-refractivity contribution in [2.45, 2.75) is 51.2 Å². The van der Waals surface area contributed by atoms with Gasteiger partial charge < -0.3 is 24.9 Å². The van der Waals surface area contributed by atoms with Gasteiger partial charge in [0.2, 0.25) is 5.91 Å². The molecule has 11 heteroatoms. The Morgan fingerprint density at radius 3 is 2.08 bits per heavy atom. The monoisotopic (exact) mass is 537 g/mol. The second-order valence-corrected chi connectivity index (χ2v) is 10.2. The van der Waals surface area contributed by atoms with E-state index >= 15 is 0 Å². The maximum Gasteiger partial charge on any atom is 0.407 e. The number of benzene rings is 2. The van der Waals surface area contributed by atoms with Gasteiger partial charge in [-0.2, -0.15) is 0 Å². The number of hydroxylamine groups is 2. The number of nitrogens with zero attached hydrogens (tertiary/aromatic N) is 1. The van der Waals surface area contributed by atoms with Crippen LogP contribution in [0.5, 0.6) is 0 Å². The smallest absolute Gasteiger partial charge is 0.407 e. The second-order valence-electron chi connectivity index (χ2n) is 10.2. The zero-order chi connectivity index (χ0) is 28.2. The minimum atomic E-state index is -1.19. The Morgan fingerprint density at radius 2 is 1.51 bits per heavy atom. The van der Waals surface area contributed by atoms with Crippen molar-refractivity contribution < 1.29 is 38.3 Å². The van der Waals surface area contributed by atoms with Crippen LogP contribution in [0.1, 0.15) is 50.7 Å². The molecule has 2 aromatic carbocycles. The number of amides is 4. The summed E-state index contributed by atoms with van der Waals surface area (Å²) >= 11 is 0. The van der Waals surface area contributed by atoms with E-state index < -0.39 is 48.0 Å². The van der Waals surface area contributed by atoms with Gasteiger partial charge in [-0.05, 0) is 43.0 Å². The molecule has 1 heterocycles. The molecule has 1 atom stereocenters. The first-order valence-corrected chi connectivity index (χ1v) is 12.6. The Morgan fingerprint density at radius 1 is 0.949 bits per heavy atom. The number of nitrogens with one attached hydrogen (secondary N) is 2. The first-order chi connectivity index (χ1) is 18.5. The number of hydrogen-bond acceptors (Lipinski definition) is 8. The molecule has 1 fully saturated rings. The van der Waals surface area contributed by atoms with Crippen molar-refractivity contribution in [1.29, 1.82) is 0 Å². The molecule has 4 amide bonds.